The highest BCUT2D eigenvalue weighted by Gasteiger charge is 2.67. The van der Waals surface area contributed by atoms with E-state index in [0.29, 0.717) is 11.4 Å². The Hall–Kier alpha value is -1.49. The molecular formula is C14H13FN2O2S. The van der Waals surface area contributed by atoms with Crippen LogP contribution in [0.5, 0.6) is 0 Å². The Labute approximate surface area is 120 Å². The monoisotopic (exact) mass is 292 g/mol. The largest absolute Gasteiger partial charge is 0.362 e. The molecule has 0 N–H and O–H groups in total. The minimum Gasteiger partial charge on any atom is -0.362 e. The number of allylic oxidation sites excluding steroid dienone is 3. The van der Waals surface area contributed by atoms with Gasteiger partial charge in [-0.2, -0.15) is 0 Å². The highest BCUT2D eigenvalue weighted by Crippen LogP contribution is 2.50. The Morgan fingerprint density at radius 1 is 1.55 bits per heavy atom. The van der Waals surface area contributed by atoms with Crippen LogP contribution in [0.4, 0.5) is 4.39 Å². The lowest BCUT2D eigenvalue weighted by Gasteiger charge is -2.24. The number of rotatable bonds is 2. The molecule has 0 radical (unpaired) electrons. The molecule has 2 saturated heterocycles. The lowest BCUT2D eigenvalue weighted by molar-refractivity contribution is 0.0266. The Morgan fingerprint density at radius 3 is 3.30 bits per heavy atom. The van der Waals surface area contributed by atoms with Gasteiger partial charge in [0.05, 0.1) is 18.4 Å². The summed E-state index contributed by atoms with van der Waals surface area (Å²) in [5, 5.41) is 4.40. The lowest BCUT2D eigenvalue weighted by Crippen LogP contribution is -2.33. The summed E-state index contributed by atoms with van der Waals surface area (Å²) in [5.41, 5.74) is 3.08. The summed E-state index contributed by atoms with van der Waals surface area (Å²) >= 11 is 1.48. The van der Waals surface area contributed by atoms with E-state index in [-0.39, 0.29) is 16.8 Å². The van der Waals surface area contributed by atoms with Crippen LogP contribution in [0.3, 0.4) is 0 Å². The van der Waals surface area contributed by atoms with E-state index in [9.17, 15) is 4.39 Å². The van der Waals surface area contributed by atoms with Gasteiger partial charge in [-0.15, -0.1) is 5.73 Å². The van der Waals surface area contributed by atoms with Gasteiger partial charge in [0.25, 0.3) is 0 Å². The molecule has 3 heterocycles. The van der Waals surface area contributed by atoms with Gasteiger partial charge in [0.15, 0.2) is 5.84 Å². The van der Waals surface area contributed by atoms with Crippen LogP contribution in [0, 0.1) is 0 Å². The third kappa shape index (κ3) is 1.84. The van der Waals surface area contributed by atoms with Gasteiger partial charge >= 0.3 is 0 Å². The molecule has 0 aromatic heterocycles. The molecule has 6 heteroatoms. The minimum atomic E-state index is -0.380. The van der Waals surface area contributed by atoms with E-state index in [4.69, 9.17) is 9.02 Å². The third-order valence-electron chi connectivity index (χ3n) is 3.80. The normalized spacial score (nSPS) is 34.8. The van der Waals surface area contributed by atoms with Crippen molar-refractivity contribution in [3.05, 3.63) is 41.4 Å². The van der Waals surface area contributed by atoms with E-state index in [1.807, 2.05) is 0 Å². The van der Waals surface area contributed by atoms with Crippen LogP contribution >= 0.6 is 12.0 Å². The van der Waals surface area contributed by atoms with E-state index < -0.39 is 0 Å². The fourth-order valence-electron chi connectivity index (χ4n) is 2.69. The van der Waals surface area contributed by atoms with Crippen molar-refractivity contribution in [3.8, 4) is 0 Å². The topological polar surface area (TPSA) is 33.8 Å². The van der Waals surface area contributed by atoms with Gasteiger partial charge < -0.3 is 13.9 Å². The smallest absolute Gasteiger partial charge is 0.243 e. The van der Waals surface area contributed by atoms with Gasteiger partial charge in [-0.1, -0.05) is 5.16 Å². The van der Waals surface area contributed by atoms with Crippen molar-refractivity contribution in [1.29, 1.82) is 0 Å². The predicted molar refractivity (Wildman–Crippen MR) is 74.4 cm³/mol. The average molecular weight is 292 g/mol. The molecule has 2 fully saturated rings. The summed E-state index contributed by atoms with van der Waals surface area (Å²) in [6.07, 6.45) is 8.33. The first-order valence-corrected chi connectivity index (χ1v) is 7.42. The predicted octanol–water partition coefficient (Wildman–Crippen LogP) is 2.67. The molecule has 4 aliphatic rings. The Kier molecular flexibility index (Phi) is 2.77. The van der Waals surface area contributed by atoms with Crippen LogP contribution in [-0.2, 0) is 9.02 Å². The van der Waals surface area contributed by atoms with Gasteiger partial charge in [0.1, 0.15) is 5.83 Å². The summed E-state index contributed by atoms with van der Waals surface area (Å²) in [6.45, 7) is 1.58. The van der Waals surface area contributed by atoms with Crippen molar-refractivity contribution >= 4 is 17.9 Å². The molecule has 104 valence electrons. The van der Waals surface area contributed by atoms with Crippen LogP contribution in [0.25, 0.3) is 0 Å². The highest BCUT2D eigenvalue weighted by atomic mass is 32.2. The molecule has 4 nitrogen and oxygen atoms in total. The Balaban J connectivity index is 1.55. The molecule has 0 saturated carbocycles. The summed E-state index contributed by atoms with van der Waals surface area (Å²) in [4.78, 5) is 7.75. The second-order valence-electron chi connectivity index (χ2n) is 5.12. The molecule has 0 amide bonds. The number of hydrogen-bond donors (Lipinski definition) is 0. The zero-order chi connectivity index (χ0) is 13.6. The van der Waals surface area contributed by atoms with Gasteiger partial charge in [0.2, 0.25) is 5.72 Å². The average Bonchev–Trinajstić information content (AvgIpc) is 3.16. The molecule has 0 aromatic rings. The first kappa shape index (κ1) is 12.3. The summed E-state index contributed by atoms with van der Waals surface area (Å²) < 4.78 is 18.9. The minimum absolute atomic E-state index is 0.256. The molecule has 0 aromatic carbocycles. The molecule has 4 rings (SSSR count). The second kappa shape index (κ2) is 4.52. The molecule has 2 unspecified atom stereocenters. The van der Waals surface area contributed by atoms with E-state index in [1.165, 1.54) is 24.2 Å². The van der Waals surface area contributed by atoms with E-state index in [1.54, 1.807) is 12.2 Å². The lowest BCUT2D eigenvalue weighted by atomic mass is 10.1. The van der Waals surface area contributed by atoms with Crippen molar-refractivity contribution in [2.24, 2.45) is 5.16 Å². The number of hydrogen-bond acceptors (Lipinski definition) is 5. The van der Waals surface area contributed by atoms with E-state index in [2.05, 4.69) is 15.8 Å². The van der Waals surface area contributed by atoms with Crippen molar-refractivity contribution in [1.82, 2.24) is 4.90 Å². The summed E-state index contributed by atoms with van der Waals surface area (Å²) in [5.74, 6) is 0.363. The van der Waals surface area contributed by atoms with Crippen LogP contribution < -0.4 is 0 Å². The highest BCUT2D eigenvalue weighted by molar-refractivity contribution is 7.95. The van der Waals surface area contributed by atoms with Crippen LogP contribution in [0.2, 0.25) is 0 Å². The fraction of sp³-hybridized carbons (Fsp3) is 0.429. The van der Waals surface area contributed by atoms with Gasteiger partial charge in [-0.3, -0.25) is 0 Å². The summed E-state index contributed by atoms with van der Waals surface area (Å²) in [7, 11) is 0. The van der Waals surface area contributed by atoms with Gasteiger partial charge in [0, 0.05) is 23.7 Å². The summed E-state index contributed by atoms with van der Waals surface area (Å²) in [6, 6.07) is 0. The van der Waals surface area contributed by atoms with Crippen molar-refractivity contribution in [2.45, 2.75) is 23.8 Å². The number of halogens is 1. The van der Waals surface area contributed by atoms with E-state index >= 15 is 0 Å². The van der Waals surface area contributed by atoms with Crippen LogP contribution in [0.15, 0.2) is 46.6 Å². The van der Waals surface area contributed by atoms with E-state index in [0.717, 1.165) is 26.0 Å². The molecule has 1 aliphatic carbocycles. The number of fused-ring (bicyclic) bond motifs is 1. The van der Waals surface area contributed by atoms with Crippen molar-refractivity contribution < 1.29 is 13.4 Å². The second-order valence-corrected chi connectivity index (χ2v) is 6.11. The van der Waals surface area contributed by atoms with Gasteiger partial charge in [-0.25, -0.2) is 4.39 Å². The number of nitrogens with zero attached hydrogens (tertiary/aromatic N) is 2. The maximum absolute atomic E-state index is 13.5. The van der Waals surface area contributed by atoms with Crippen LogP contribution in [-0.4, -0.2) is 34.9 Å². The van der Waals surface area contributed by atoms with Gasteiger partial charge in [-0.05, 0) is 31.1 Å². The maximum Gasteiger partial charge on any atom is 0.243 e. The molecule has 20 heavy (non-hydrogen) atoms. The zero-order valence-electron chi connectivity index (χ0n) is 10.7. The molecule has 2 atom stereocenters. The quantitative estimate of drug-likeness (QED) is 0.445. The number of amidine groups is 1. The van der Waals surface area contributed by atoms with Crippen molar-refractivity contribution in [2.75, 3.05) is 13.2 Å². The molecule has 0 spiro atoms. The first-order valence-electron chi connectivity index (χ1n) is 6.62. The molecule has 3 aliphatic heterocycles. The SMILES string of the molecule is FC1=CC(C2=NOC3(C4CCCOS4)CN23)=CC=C=C1. The Bertz CT molecular complexity index is 600. The Morgan fingerprint density at radius 2 is 2.50 bits per heavy atom. The number of oxime groups is 1. The zero-order valence-corrected chi connectivity index (χ0v) is 11.5. The molecular weight excluding hydrogens is 279 g/mol. The molecule has 0 bridgehead atoms. The maximum atomic E-state index is 13.5. The standard InChI is InChI=1S/C14H13FN2O2S/c15-11-5-2-1-4-10(8-11)13-16-19-14(9-17(13)14)12-6-3-7-18-20-12/h1,4-5,8,12H,3,6-7,9H2. The third-order valence-corrected chi connectivity index (χ3v) is 4.94. The van der Waals surface area contributed by atoms with Crippen molar-refractivity contribution in [3.63, 3.8) is 0 Å². The van der Waals surface area contributed by atoms with Crippen LogP contribution in [0.1, 0.15) is 12.8 Å². The fourth-order valence-corrected chi connectivity index (χ4v) is 3.72. The first-order chi connectivity index (χ1) is 9.79.